The fourth-order valence-corrected chi connectivity index (χ4v) is 7.62. The molecule has 0 spiro atoms. The topological polar surface area (TPSA) is 116 Å². The van der Waals surface area contributed by atoms with Crippen LogP contribution in [0.25, 0.3) is 60.7 Å². The number of nitrogens with one attached hydrogen (secondary N) is 1. The van der Waals surface area contributed by atoms with Crippen LogP contribution in [0.2, 0.25) is 0 Å². The maximum Gasteiger partial charge on any atom is 0.418 e. The Balaban J connectivity index is 0.000000137. The summed E-state index contributed by atoms with van der Waals surface area (Å²) in [6.45, 7) is 1.73. The number of hydrogen-bond acceptors (Lipinski definition) is 6. The molecule has 68 heavy (non-hydrogen) atoms. The molecule has 0 aliphatic heterocycles. The molecule has 11 rings (SSSR count). The molecular formula is C51H34F6IrN8O2. The predicted octanol–water partition coefficient (Wildman–Crippen LogP) is 11.9. The van der Waals surface area contributed by atoms with Crippen molar-refractivity contribution in [2.45, 2.75) is 19.3 Å². The number of hydrogen-bond donors (Lipinski definition) is 1. The summed E-state index contributed by atoms with van der Waals surface area (Å²) >= 11 is 0. The summed E-state index contributed by atoms with van der Waals surface area (Å²) in [4.78, 5) is 27.5. The van der Waals surface area contributed by atoms with E-state index in [0.717, 1.165) is 33.7 Å². The third-order valence-corrected chi connectivity index (χ3v) is 10.7. The van der Waals surface area contributed by atoms with Crippen LogP contribution in [-0.4, -0.2) is 45.6 Å². The second-order valence-corrected chi connectivity index (χ2v) is 15.1. The summed E-state index contributed by atoms with van der Waals surface area (Å²) in [5.41, 5.74) is 1.52. The number of para-hydroxylation sites is 1. The molecule has 0 saturated carbocycles. The quantitative estimate of drug-likeness (QED) is 0.136. The Morgan fingerprint density at radius 1 is 0.500 bits per heavy atom. The van der Waals surface area contributed by atoms with Gasteiger partial charge in [0.25, 0.3) is 5.56 Å². The number of aryl methyl sites for hydroxylation is 1. The minimum absolute atomic E-state index is 0. The monoisotopic (exact) mass is 1100 g/mol. The van der Waals surface area contributed by atoms with E-state index in [0.29, 0.717) is 28.3 Å². The van der Waals surface area contributed by atoms with Gasteiger partial charge in [-0.3, -0.25) is 14.7 Å². The van der Waals surface area contributed by atoms with Crippen molar-refractivity contribution in [2.24, 2.45) is 0 Å². The van der Waals surface area contributed by atoms with Gasteiger partial charge in [0, 0.05) is 42.1 Å². The Morgan fingerprint density at radius 3 is 1.38 bits per heavy atom. The Morgan fingerprint density at radius 2 is 0.912 bits per heavy atom. The van der Waals surface area contributed by atoms with Gasteiger partial charge in [0.2, 0.25) is 0 Å². The second kappa shape index (κ2) is 19.1. The number of H-pyrrole nitrogens is 1. The minimum atomic E-state index is -4.46. The first-order chi connectivity index (χ1) is 32.3. The third kappa shape index (κ3) is 9.34. The van der Waals surface area contributed by atoms with Crippen LogP contribution in [0, 0.1) is 6.92 Å². The van der Waals surface area contributed by atoms with Crippen LogP contribution in [0.3, 0.4) is 0 Å². The number of fused-ring (bicyclic) bond motifs is 4. The number of aromatic nitrogens is 8. The summed E-state index contributed by atoms with van der Waals surface area (Å²) in [6, 6.07) is 52.1. The molecule has 17 heteroatoms. The van der Waals surface area contributed by atoms with Gasteiger partial charge in [0.15, 0.2) is 5.78 Å². The number of rotatable bonds is 5. The molecule has 0 bridgehead atoms. The molecule has 8 aromatic carbocycles. The number of carbonyl (C=O) groups is 1. The maximum atomic E-state index is 13.1. The zero-order chi connectivity index (χ0) is 46.9. The van der Waals surface area contributed by atoms with Gasteiger partial charge in [-0.25, -0.2) is 4.68 Å². The number of ketones is 1. The molecule has 3 heterocycles. The van der Waals surface area contributed by atoms with Crippen LogP contribution in [0.1, 0.15) is 32.7 Å². The van der Waals surface area contributed by atoms with E-state index in [2.05, 4.69) is 25.5 Å². The standard InChI is InChI=1S/2C17H10F3N3.C17H14N2O2.Ir/c2*18-17(19,20)13-8-4-9-14-16(13)22-23(21-14)15-10-3-6-11-5-1-2-7-12(11)15;1-12-15(16(20)13-8-4-2-5-9-13)17(21)19(18-12)14-10-6-3-7-11-14;/h2*1-10H;2-11,18H,1H3;. The van der Waals surface area contributed by atoms with Crippen molar-refractivity contribution < 1.29 is 51.2 Å². The van der Waals surface area contributed by atoms with Crippen LogP contribution in [0.15, 0.2) is 187 Å². The van der Waals surface area contributed by atoms with Crippen molar-refractivity contribution in [3.8, 4) is 17.1 Å². The number of benzene rings is 8. The third-order valence-electron chi connectivity index (χ3n) is 10.7. The molecule has 1 radical (unpaired) electrons. The SMILES string of the molecule is Cc1[nH]n(-c2ccccc2)c(=O)c1C(=O)c1ccccc1.FC(F)(F)c1cccc2nn(-c3cccc4ccccc34)nc12.FC(F)(F)c1cccc2nn(-c3cccc4ccccc34)nc12.[Ir]. The van der Waals surface area contributed by atoms with E-state index in [9.17, 15) is 35.9 Å². The first-order valence-electron chi connectivity index (χ1n) is 20.6. The summed E-state index contributed by atoms with van der Waals surface area (Å²) in [5, 5.41) is 23.3. The average Bonchev–Trinajstić information content (AvgIpc) is 4.06. The van der Waals surface area contributed by atoms with Crippen LogP contribution in [0.5, 0.6) is 0 Å². The van der Waals surface area contributed by atoms with Gasteiger partial charge in [-0.2, -0.15) is 26.3 Å². The molecule has 3 aromatic heterocycles. The van der Waals surface area contributed by atoms with Crippen molar-refractivity contribution in [3.05, 3.63) is 220 Å². The Bertz CT molecular complexity index is 3460. The van der Waals surface area contributed by atoms with Gasteiger partial charge in [-0.05, 0) is 66.2 Å². The van der Waals surface area contributed by atoms with Gasteiger partial charge in [-0.1, -0.05) is 133 Å². The summed E-state index contributed by atoms with van der Waals surface area (Å²) in [6.07, 6.45) is -8.92. The Kier molecular flexibility index (Phi) is 13.0. The van der Waals surface area contributed by atoms with E-state index in [1.54, 1.807) is 43.3 Å². The van der Waals surface area contributed by atoms with Crippen molar-refractivity contribution in [1.82, 2.24) is 39.8 Å². The van der Waals surface area contributed by atoms with Crippen LogP contribution >= 0.6 is 0 Å². The van der Waals surface area contributed by atoms with Crippen molar-refractivity contribution >= 4 is 49.4 Å². The molecule has 11 aromatic rings. The van der Waals surface area contributed by atoms with E-state index >= 15 is 0 Å². The summed E-state index contributed by atoms with van der Waals surface area (Å²) in [7, 11) is 0. The van der Waals surface area contributed by atoms with E-state index in [4.69, 9.17) is 0 Å². The van der Waals surface area contributed by atoms with Gasteiger partial charge in [0.1, 0.15) is 27.6 Å². The predicted molar refractivity (Wildman–Crippen MR) is 244 cm³/mol. The van der Waals surface area contributed by atoms with E-state index in [1.165, 1.54) is 38.5 Å². The molecule has 341 valence electrons. The first-order valence-corrected chi connectivity index (χ1v) is 20.6. The second-order valence-electron chi connectivity index (χ2n) is 15.1. The Labute approximate surface area is 395 Å². The molecule has 0 atom stereocenters. The molecule has 0 amide bonds. The number of carbonyl (C=O) groups excluding carboxylic acids is 1. The maximum absolute atomic E-state index is 13.1. The molecular weight excluding hydrogens is 1060 g/mol. The minimum Gasteiger partial charge on any atom is -0.295 e. The van der Waals surface area contributed by atoms with Crippen molar-refractivity contribution in [3.63, 3.8) is 0 Å². The summed E-state index contributed by atoms with van der Waals surface area (Å²) < 4.78 is 80.0. The largest absolute Gasteiger partial charge is 0.418 e. The van der Waals surface area contributed by atoms with Crippen molar-refractivity contribution in [1.29, 1.82) is 0 Å². The zero-order valence-electron chi connectivity index (χ0n) is 35.4. The van der Waals surface area contributed by atoms with Gasteiger partial charge >= 0.3 is 12.4 Å². The molecule has 0 unspecified atom stereocenters. The normalized spacial score (nSPS) is 11.5. The molecule has 0 aliphatic carbocycles. The number of nitrogens with zero attached hydrogens (tertiary/aromatic N) is 7. The fraction of sp³-hybridized carbons (Fsp3) is 0.0588. The van der Waals surface area contributed by atoms with Gasteiger partial charge in [-0.15, -0.1) is 30.0 Å². The van der Waals surface area contributed by atoms with Crippen LogP contribution in [-0.2, 0) is 32.5 Å². The van der Waals surface area contributed by atoms with Crippen molar-refractivity contribution in [2.75, 3.05) is 0 Å². The fourth-order valence-electron chi connectivity index (χ4n) is 7.62. The number of halogens is 6. The molecule has 0 fully saturated rings. The zero-order valence-corrected chi connectivity index (χ0v) is 37.8. The van der Waals surface area contributed by atoms with E-state index in [-0.39, 0.29) is 59.1 Å². The molecule has 1 N–H and O–H groups in total. The number of alkyl halides is 6. The first kappa shape index (κ1) is 46.5. The molecule has 0 saturated heterocycles. The number of aromatic amines is 1. The summed E-state index contributed by atoms with van der Waals surface area (Å²) in [5.74, 6) is -0.260. The smallest absolute Gasteiger partial charge is 0.295 e. The van der Waals surface area contributed by atoms with E-state index < -0.39 is 23.5 Å². The Hall–Kier alpha value is -8.01. The van der Waals surface area contributed by atoms with Gasteiger partial charge < -0.3 is 0 Å². The van der Waals surface area contributed by atoms with Gasteiger partial charge in [0.05, 0.1) is 28.2 Å². The van der Waals surface area contributed by atoms with Crippen LogP contribution in [0.4, 0.5) is 26.3 Å². The van der Waals surface area contributed by atoms with E-state index in [1.807, 2.05) is 109 Å². The van der Waals surface area contributed by atoms with Crippen LogP contribution < -0.4 is 5.56 Å². The molecule has 10 nitrogen and oxygen atoms in total. The average molecular weight is 1100 g/mol. The molecule has 0 aliphatic rings.